The van der Waals surface area contributed by atoms with Gasteiger partial charge >= 0.3 is 0 Å². The van der Waals surface area contributed by atoms with Gasteiger partial charge in [0.2, 0.25) is 0 Å². The summed E-state index contributed by atoms with van der Waals surface area (Å²) in [7, 11) is 0. The van der Waals surface area contributed by atoms with E-state index in [-0.39, 0.29) is 6.04 Å². The van der Waals surface area contributed by atoms with Gasteiger partial charge in [0.15, 0.2) is 0 Å². The van der Waals surface area contributed by atoms with Gasteiger partial charge in [-0.1, -0.05) is 67.8 Å². The van der Waals surface area contributed by atoms with Crippen LogP contribution in [0.4, 0.5) is 0 Å². The summed E-state index contributed by atoms with van der Waals surface area (Å²) in [5.41, 5.74) is 4.27. The van der Waals surface area contributed by atoms with Crippen LogP contribution in [0.15, 0.2) is 22.7 Å². The van der Waals surface area contributed by atoms with Gasteiger partial charge in [-0.05, 0) is 52.8 Å². The first-order valence-corrected chi connectivity index (χ1v) is 9.47. The maximum atomic E-state index is 5.74. The number of nitrogens with two attached hydrogens (primary N) is 1. The highest BCUT2D eigenvalue weighted by molar-refractivity contribution is 14.1. The molecule has 0 aliphatic rings. The molecule has 0 radical (unpaired) electrons. The van der Waals surface area contributed by atoms with Crippen LogP contribution in [0.25, 0.3) is 0 Å². The summed E-state index contributed by atoms with van der Waals surface area (Å²) in [5, 5.41) is 0. The van der Waals surface area contributed by atoms with Crippen molar-refractivity contribution in [1.82, 2.24) is 5.43 Å². The fourth-order valence-corrected chi connectivity index (χ4v) is 3.51. The van der Waals surface area contributed by atoms with Crippen molar-refractivity contribution < 1.29 is 0 Å². The second kappa shape index (κ2) is 11.0. The highest BCUT2D eigenvalue weighted by Gasteiger charge is 2.13. The Morgan fingerprint density at radius 3 is 2.45 bits per heavy atom. The highest BCUT2D eigenvalue weighted by Crippen LogP contribution is 2.27. The molecule has 3 N–H and O–H groups in total. The normalized spacial score (nSPS) is 12.6. The van der Waals surface area contributed by atoms with Crippen LogP contribution >= 0.6 is 38.5 Å². The van der Waals surface area contributed by atoms with Crippen LogP contribution in [0.2, 0.25) is 0 Å². The fraction of sp³-hybridized carbons (Fsp3) is 0.625. The molecule has 0 saturated carbocycles. The molecule has 0 amide bonds. The molecule has 2 nitrogen and oxygen atoms in total. The monoisotopic (exact) mass is 452 g/mol. The minimum atomic E-state index is 0.259. The van der Waals surface area contributed by atoms with Crippen molar-refractivity contribution in [3.63, 3.8) is 0 Å². The number of nitrogens with one attached hydrogen (secondary N) is 1. The first kappa shape index (κ1) is 18.4. The van der Waals surface area contributed by atoms with Gasteiger partial charge in [-0.15, -0.1) is 0 Å². The minimum absolute atomic E-state index is 0.259. The van der Waals surface area contributed by atoms with E-state index in [2.05, 4.69) is 69.1 Å². The topological polar surface area (TPSA) is 38.0 Å². The molecule has 1 aromatic carbocycles. The number of unbranched alkanes of at least 4 members (excludes halogenated alkanes) is 6. The van der Waals surface area contributed by atoms with Crippen molar-refractivity contribution in [2.75, 3.05) is 0 Å². The molecule has 1 rings (SSSR count). The van der Waals surface area contributed by atoms with Crippen molar-refractivity contribution in [3.05, 3.63) is 31.8 Å². The van der Waals surface area contributed by atoms with E-state index >= 15 is 0 Å². The second-order valence-electron chi connectivity index (χ2n) is 5.30. The highest BCUT2D eigenvalue weighted by atomic mass is 127. The molecule has 1 aromatic rings. The van der Waals surface area contributed by atoms with Crippen LogP contribution < -0.4 is 11.3 Å². The number of rotatable bonds is 10. The number of hydrogen-bond acceptors (Lipinski definition) is 2. The standard InChI is InChI=1S/C16H26BrIN2/c1-2-3-4-5-6-7-8-9-16(20-19)14-12-13(17)10-11-15(14)18/h10-12,16,20H,2-9,19H2,1H3. The average molecular weight is 453 g/mol. The van der Waals surface area contributed by atoms with E-state index in [0.29, 0.717) is 0 Å². The maximum Gasteiger partial charge on any atom is 0.0470 e. The predicted octanol–water partition coefficient (Wildman–Crippen LogP) is 5.70. The van der Waals surface area contributed by atoms with Crippen LogP contribution in [0.1, 0.15) is 69.9 Å². The summed E-state index contributed by atoms with van der Waals surface area (Å²) in [6.45, 7) is 2.26. The van der Waals surface area contributed by atoms with E-state index in [9.17, 15) is 0 Å². The minimum Gasteiger partial charge on any atom is -0.271 e. The van der Waals surface area contributed by atoms with E-state index in [1.807, 2.05) is 0 Å². The first-order valence-electron chi connectivity index (χ1n) is 7.60. The zero-order valence-electron chi connectivity index (χ0n) is 12.3. The summed E-state index contributed by atoms with van der Waals surface area (Å²) in [6.07, 6.45) is 10.5. The maximum absolute atomic E-state index is 5.74. The third-order valence-electron chi connectivity index (χ3n) is 3.63. The molecule has 114 valence electrons. The molecule has 20 heavy (non-hydrogen) atoms. The number of halogens is 2. The van der Waals surface area contributed by atoms with Gasteiger partial charge in [-0.3, -0.25) is 11.3 Å². The van der Waals surface area contributed by atoms with Crippen LogP contribution in [0.5, 0.6) is 0 Å². The van der Waals surface area contributed by atoms with E-state index < -0.39 is 0 Å². The third-order valence-corrected chi connectivity index (χ3v) is 5.11. The molecule has 0 heterocycles. The Hall–Kier alpha value is 0.350. The summed E-state index contributed by atoms with van der Waals surface area (Å²) >= 11 is 5.92. The number of benzene rings is 1. The molecular weight excluding hydrogens is 427 g/mol. The van der Waals surface area contributed by atoms with Crippen molar-refractivity contribution in [2.45, 2.75) is 64.3 Å². The Balaban J connectivity index is 2.34. The van der Waals surface area contributed by atoms with E-state index in [4.69, 9.17) is 5.84 Å². The SMILES string of the molecule is CCCCCCCCCC(NN)c1cc(Br)ccc1I. The van der Waals surface area contributed by atoms with Gasteiger partial charge in [-0.2, -0.15) is 0 Å². The predicted molar refractivity (Wildman–Crippen MR) is 99.5 cm³/mol. The van der Waals surface area contributed by atoms with Crippen molar-refractivity contribution >= 4 is 38.5 Å². The Bertz CT molecular complexity index is 385. The molecule has 0 spiro atoms. The first-order chi connectivity index (χ1) is 9.69. The molecule has 1 atom stereocenters. The van der Waals surface area contributed by atoms with Gasteiger partial charge in [0.1, 0.15) is 0 Å². The quantitative estimate of drug-likeness (QED) is 0.207. The smallest absolute Gasteiger partial charge is 0.0470 e. The lowest BCUT2D eigenvalue weighted by atomic mass is 10.00. The summed E-state index contributed by atoms with van der Waals surface area (Å²) in [4.78, 5) is 0. The second-order valence-corrected chi connectivity index (χ2v) is 7.37. The summed E-state index contributed by atoms with van der Waals surface area (Å²) < 4.78 is 2.39. The van der Waals surface area contributed by atoms with Crippen LogP contribution in [-0.4, -0.2) is 0 Å². The van der Waals surface area contributed by atoms with E-state index in [0.717, 1.165) is 10.9 Å². The van der Waals surface area contributed by atoms with E-state index in [1.165, 1.54) is 54.1 Å². The average Bonchev–Trinajstić information content (AvgIpc) is 2.45. The van der Waals surface area contributed by atoms with E-state index in [1.54, 1.807) is 0 Å². The number of hydrazine groups is 1. The Kier molecular flexibility index (Phi) is 10.1. The van der Waals surface area contributed by atoms with Crippen LogP contribution in [0.3, 0.4) is 0 Å². The van der Waals surface area contributed by atoms with Crippen LogP contribution in [0, 0.1) is 3.57 Å². The molecule has 0 aliphatic heterocycles. The lowest BCUT2D eigenvalue weighted by Gasteiger charge is -2.18. The zero-order valence-corrected chi connectivity index (χ0v) is 16.0. The Morgan fingerprint density at radius 2 is 1.80 bits per heavy atom. The van der Waals surface area contributed by atoms with Gasteiger partial charge in [0.05, 0.1) is 0 Å². The van der Waals surface area contributed by atoms with Gasteiger partial charge in [0, 0.05) is 14.1 Å². The summed E-state index contributed by atoms with van der Waals surface area (Å²) in [6, 6.07) is 6.64. The van der Waals surface area contributed by atoms with Gasteiger partial charge in [0.25, 0.3) is 0 Å². The third kappa shape index (κ3) is 6.87. The van der Waals surface area contributed by atoms with Gasteiger partial charge in [-0.25, -0.2) is 0 Å². The molecule has 1 unspecified atom stereocenters. The van der Waals surface area contributed by atoms with Crippen molar-refractivity contribution in [1.29, 1.82) is 0 Å². The molecular formula is C16H26BrIN2. The molecule has 0 aromatic heterocycles. The lowest BCUT2D eigenvalue weighted by Crippen LogP contribution is -2.28. The van der Waals surface area contributed by atoms with Crippen molar-refractivity contribution in [3.8, 4) is 0 Å². The molecule has 0 fully saturated rings. The molecule has 0 bridgehead atoms. The Labute approximate surface area is 145 Å². The fourth-order valence-electron chi connectivity index (χ4n) is 2.42. The zero-order chi connectivity index (χ0) is 14.8. The summed E-state index contributed by atoms with van der Waals surface area (Å²) in [5.74, 6) is 5.74. The molecule has 0 aliphatic carbocycles. The molecule has 4 heteroatoms. The lowest BCUT2D eigenvalue weighted by molar-refractivity contribution is 0.474. The number of hydrogen-bond donors (Lipinski definition) is 2. The van der Waals surface area contributed by atoms with Crippen LogP contribution in [-0.2, 0) is 0 Å². The Morgan fingerprint density at radius 1 is 1.15 bits per heavy atom. The van der Waals surface area contributed by atoms with Crippen molar-refractivity contribution in [2.24, 2.45) is 5.84 Å². The largest absolute Gasteiger partial charge is 0.271 e. The van der Waals surface area contributed by atoms with Gasteiger partial charge < -0.3 is 0 Å². The molecule has 0 saturated heterocycles.